The highest BCUT2D eigenvalue weighted by molar-refractivity contribution is 5.82. The largest absolute Gasteiger partial charge is 0.481 e. The van der Waals surface area contributed by atoms with E-state index in [0.29, 0.717) is 26.1 Å². The summed E-state index contributed by atoms with van der Waals surface area (Å²) in [5.41, 5.74) is 0. The third-order valence-corrected chi connectivity index (χ3v) is 3.05. The fourth-order valence-electron chi connectivity index (χ4n) is 2.14. The van der Waals surface area contributed by atoms with Gasteiger partial charge in [0, 0.05) is 19.7 Å². The molecule has 0 aliphatic carbocycles. The number of nitrogens with zero attached hydrogens (tertiary/aromatic N) is 1. The van der Waals surface area contributed by atoms with Gasteiger partial charge in [0.25, 0.3) is 5.91 Å². The number of carboxylic acid groups (broad SMARTS) is 1. The molecule has 0 radical (unpaired) electrons. The first-order valence-electron chi connectivity index (χ1n) is 5.31. The second kappa shape index (κ2) is 4.18. The maximum atomic E-state index is 11.8. The van der Waals surface area contributed by atoms with Crippen molar-refractivity contribution in [1.82, 2.24) is 4.90 Å². The number of hydrogen-bond acceptors (Lipinski definition) is 3. The molecule has 2 aliphatic rings. The molecule has 2 aliphatic heterocycles. The number of likely N-dealkylation sites (tertiary alicyclic amines) is 1. The van der Waals surface area contributed by atoms with Crippen molar-refractivity contribution in [3.05, 3.63) is 0 Å². The molecule has 0 aromatic carbocycles. The second-order valence-corrected chi connectivity index (χ2v) is 4.11. The predicted octanol–water partition coefficient (Wildman–Crippen LogP) is 0.0985. The van der Waals surface area contributed by atoms with Crippen molar-refractivity contribution in [2.75, 3.05) is 19.7 Å². The average Bonchev–Trinajstić information content (AvgIpc) is 2.88. The molecule has 15 heavy (non-hydrogen) atoms. The molecule has 2 fully saturated rings. The first kappa shape index (κ1) is 10.4. The van der Waals surface area contributed by atoms with Gasteiger partial charge < -0.3 is 14.7 Å². The van der Waals surface area contributed by atoms with Crippen LogP contribution in [0, 0.1) is 5.92 Å². The van der Waals surface area contributed by atoms with E-state index in [1.807, 2.05) is 0 Å². The van der Waals surface area contributed by atoms with Crippen molar-refractivity contribution in [3.63, 3.8) is 0 Å². The van der Waals surface area contributed by atoms with Gasteiger partial charge in [0.15, 0.2) is 0 Å². The SMILES string of the molecule is O=C(O)C1CCN(C(=O)[C@H]2CCCO2)C1. The zero-order valence-electron chi connectivity index (χ0n) is 8.52. The minimum atomic E-state index is -0.808. The summed E-state index contributed by atoms with van der Waals surface area (Å²) in [6.07, 6.45) is 1.94. The molecule has 0 bridgehead atoms. The van der Waals surface area contributed by atoms with E-state index in [1.165, 1.54) is 0 Å². The Hall–Kier alpha value is -1.10. The zero-order valence-corrected chi connectivity index (χ0v) is 8.52. The van der Waals surface area contributed by atoms with E-state index in [1.54, 1.807) is 4.90 Å². The lowest BCUT2D eigenvalue weighted by molar-refractivity contribution is -0.142. The molecule has 5 heteroatoms. The van der Waals surface area contributed by atoms with Crippen LogP contribution in [0.25, 0.3) is 0 Å². The van der Waals surface area contributed by atoms with Gasteiger partial charge in [-0.1, -0.05) is 0 Å². The van der Waals surface area contributed by atoms with Crippen LogP contribution in [-0.2, 0) is 14.3 Å². The quantitative estimate of drug-likeness (QED) is 0.706. The van der Waals surface area contributed by atoms with Crippen LogP contribution in [0.4, 0.5) is 0 Å². The summed E-state index contributed by atoms with van der Waals surface area (Å²) in [6, 6.07) is 0. The first-order valence-corrected chi connectivity index (χ1v) is 5.31. The molecule has 0 aromatic heterocycles. The predicted molar refractivity (Wildman–Crippen MR) is 51.3 cm³/mol. The molecule has 2 saturated heterocycles. The Labute approximate surface area is 88.0 Å². The molecule has 2 atom stereocenters. The lowest BCUT2D eigenvalue weighted by Gasteiger charge is -2.19. The van der Waals surface area contributed by atoms with Crippen LogP contribution < -0.4 is 0 Å². The second-order valence-electron chi connectivity index (χ2n) is 4.11. The van der Waals surface area contributed by atoms with Gasteiger partial charge in [-0.25, -0.2) is 0 Å². The molecule has 0 spiro atoms. The highest BCUT2D eigenvalue weighted by Crippen LogP contribution is 2.21. The fraction of sp³-hybridized carbons (Fsp3) is 0.800. The minimum Gasteiger partial charge on any atom is -0.481 e. The van der Waals surface area contributed by atoms with E-state index in [2.05, 4.69) is 0 Å². The molecule has 1 N–H and O–H groups in total. The number of carbonyl (C=O) groups excluding carboxylic acids is 1. The van der Waals surface area contributed by atoms with Gasteiger partial charge >= 0.3 is 5.97 Å². The van der Waals surface area contributed by atoms with Crippen molar-refractivity contribution >= 4 is 11.9 Å². The average molecular weight is 213 g/mol. The smallest absolute Gasteiger partial charge is 0.308 e. The van der Waals surface area contributed by atoms with Gasteiger partial charge in [-0.15, -0.1) is 0 Å². The summed E-state index contributed by atoms with van der Waals surface area (Å²) in [5.74, 6) is -1.23. The van der Waals surface area contributed by atoms with Crippen LogP contribution in [0.15, 0.2) is 0 Å². The highest BCUT2D eigenvalue weighted by Gasteiger charge is 2.35. The molecular weight excluding hydrogens is 198 g/mol. The molecule has 1 unspecified atom stereocenters. The maximum Gasteiger partial charge on any atom is 0.308 e. The summed E-state index contributed by atoms with van der Waals surface area (Å²) >= 11 is 0. The Balaban J connectivity index is 1.89. The van der Waals surface area contributed by atoms with Crippen LogP contribution in [0.3, 0.4) is 0 Å². The number of aliphatic carboxylic acids is 1. The van der Waals surface area contributed by atoms with Crippen molar-refractivity contribution in [2.45, 2.75) is 25.4 Å². The first-order chi connectivity index (χ1) is 7.18. The van der Waals surface area contributed by atoms with Crippen LogP contribution >= 0.6 is 0 Å². The summed E-state index contributed by atoms with van der Waals surface area (Å²) < 4.78 is 5.28. The maximum absolute atomic E-state index is 11.8. The van der Waals surface area contributed by atoms with Gasteiger partial charge in [-0.3, -0.25) is 9.59 Å². The van der Waals surface area contributed by atoms with Gasteiger partial charge in [0.1, 0.15) is 6.10 Å². The summed E-state index contributed by atoms with van der Waals surface area (Å²) in [4.78, 5) is 24.2. The third-order valence-electron chi connectivity index (χ3n) is 3.05. The van der Waals surface area contributed by atoms with Crippen molar-refractivity contribution in [1.29, 1.82) is 0 Å². The Kier molecular flexibility index (Phi) is 2.90. The zero-order chi connectivity index (χ0) is 10.8. The normalized spacial score (nSPS) is 30.8. The fourth-order valence-corrected chi connectivity index (χ4v) is 2.14. The number of ether oxygens (including phenoxy) is 1. The van der Waals surface area contributed by atoms with Crippen LogP contribution in [0.5, 0.6) is 0 Å². The Morgan fingerprint density at radius 1 is 1.33 bits per heavy atom. The van der Waals surface area contributed by atoms with Crippen LogP contribution in [0.2, 0.25) is 0 Å². The third kappa shape index (κ3) is 2.12. The molecule has 1 amide bonds. The van der Waals surface area contributed by atoms with Crippen molar-refractivity contribution in [3.8, 4) is 0 Å². The highest BCUT2D eigenvalue weighted by atomic mass is 16.5. The summed E-state index contributed by atoms with van der Waals surface area (Å²) in [7, 11) is 0. The molecule has 0 aromatic rings. The lowest BCUT2D eigenvalue weighted by Crippen LogP contribution is -2.37. The minimum absolute atomic E-state index is 0.0312. The molecular formula is C10H15NO4. The van der Waals surface area contributed by atoms with E-state index < -0.39 is 11.9 Å². The number of carbonyl (C=O) groups is 2. The van der Waals surface area contributed by atoms with Crippen molar-refractivity contribution < 1.29 is 19.4 Å². The van der Waals surface area contributed by atoms with E-state index in [0.717, 1.165) is 12.8 Å². The topological polar surface area (TPSA) is 66.8 Å². The van der Waals surface area contributed by atoms with Gasteiger partial charge in [0.05, 0.1) is 5.92 Å². The summed E-state index contributed by atoms with van der Waals surface area (Å²) in [5, 5.41) is 8.81. The Bertz CT molecular complexity index is 273. The molecule has 2 heterocycles. The van der Waals surface area contributed by atoms with Crippen LogP contribution in [0.1, 0.15) is 19.3 Å². The molecule has 84 valence electrons. The summed E-state index contributed by atoms with van der Waals surface area (Å²) in [6.45, 7) is 1.54. The number of carboxylic acids is 1. The number of rotatable bonds is 2. The van der Waals surface area contributed by atoms with Crippen LogP contribution in [-0.4, -0.2) is 47.7 Å². The lowest BCUT2D eigenvalue weighted by atomic mass is 10.1. The van der Waals surface area contributed by atoms with E-state index in [4.69, 9.17) is 9.84 Å². The number of hydrogen-bond donors (Lipinski definition) is 1. The monoisotopic (exact) mass is 213 g/mol. The molecule has 2 rings (SSSR count). The van der Waals surface area contributed by atoms with Gasteiger partial charge in [0.2, 0.25) is 0 Å². The molecule has 0 saturated carbocycles. The van der Waals surface area contributed by atoms with Gasteiger partial charge in [-0.05, 0) is 19.3 Å². The Morgan fingerprint density at radius 2 is 2.13 bits per heavy atom. The standard InChI is InChI=1S/C10H15NO4/c12-9(8-2-1-5-15-8)11-4-3-7(6-11)10(13)14/h7-8H,1-6H2,(H,13,14)/t7?,8-/m1/s1. The van der Waals surface area contributed by atoms with Gasteiger partial charge in [-0.2, -0.15) is 0 Å². The van der Waals surface area contributed by atoms with E-state index in [-0.39, 0.29) is 12.0 Å². The Morgan fingerprint density at radius 3 is 2.67 bits per heavy atom. The van der Waals surface area contributed by atoms with E-state index in [9.17, 15) is 9.59 Å². The van der Waals surface area contributed by atoms with E-state index >= 15 is 0 Å². The molecule has 5 nitrogen and oxygen atoms in total. The van der Waals surface area contributed by atoms with Crippen molar-refractivity contribution in [2.24, 2.45) is 5.92 Å². The number of amides is 1.